The molecule has 82 valence electrons. The molecule has 2 nitrogen and oxygen atoms in total. The molecule has 2 fully saturated rings. The Labute approximate surface area is 86.3 Å². The van der Waals surface area contributed by atoms with E-state index in [0.29, 0.717) is 11.8 Å². The van der Waals surface area contributed by atoms with Gasteiger partial charge in [0.25, 0.3) is 0 Å². The van der Waals surface area contributed by atoms with E-state index < -0.39 is 12.2 Å². The molecule has 2 rings (SSSR count). The first-order valence-electron chi connectivity index (χ1n) is 5.80. The number of rotatable bonds is 2. The van der Waals surface area contributed by atoms with E-state index in [0.717, 1.165) is 5.92 Å². The van der Waals surface area contributed by atoms with Gasteiger partial charge in [0.05, 0.1) is 12.2 Å². The van der Waals surface area contributed by atoms with Crippen molar-refractivity contribution in [3.05, 3.63) is 0 Å². The van der Waals surface area contributed by atoms with E-state index in [1.807, 2.05) is 0 Å². The third-order valence-corrected chi connectivity index (χ3v) is 4.75. The Bertz CT molecular complexity index is 222. The van der Waals surface area contributed by atoms with E-state index in [9.17, 15) is 10.2 Å². The van der Waals surface area contributed by atoms with Gasteiger partial charge < -0.3 is 10.2 Å². The zero-order valence-electron chi connectivity index (χ0n) is 9.40. The summed E-state index contributed by atoms with van der Waals surface area (Å²) in [6.45, 7) is 6.22. The summed E-state index contributed by atoms with van der Waals surface area (Å²) in [6, 6.07) is 0. The van der Waals surface area contributed by atoms with Crippen molar-refractivity contribution in [1.82, 2.24) is 0 Å². The van der Waals surface area contributed by atoms with E-state index in [1.54, 1.807) is 6.92 Å². The van der Waals surface area contributed by atoms with Gasteiger partial charge in [-0.1, -0.05) is 13.8 Å². The average molecular weight is 198 g/mol. The van der Waals surface area contributed by atoms with Crippen molar-refractivity contribution in [1.29, 1.82) is 0 Å². The van der Waals surface area contributed by atoms with Crippen LogP contribution in [-0.4, -0.2) is 22.4 Å². The second kappa shape index (κ2) is 3.21. The van der Waals surface area contributed by atoms with Crippen LogP contribution in [0.3, 0.4) is 0 Å². The lowest BCUT2D eigenvalue weighted by Gasteiger charge is -2.41. The van der Waals surface area contributed by atoms with Gasteiger partial charge in [0.15, 0.2) is 0 Å². The molecular formula is C12H22O2. The van der Waals surface area contributed by atoms with E-state index in [1.165, 1.54) is 19.3 Å². The van der Waals surface area contributed by atoms with Gasteiger partial charge in [0.1, 0.15) is 0 Å². The molecule has 0 spiro atoms. The van der Waals surface area contributed by atoms with Gasteiger partial charge >= 0.3 is 0 Å². The van der Waals surface area contributed by atoms with Crippen LogP contribution in [-0.2, 0) is 0 Å². The van der Waals surface area contributed by atoms with Gasteiger partial charge in [0.2, 0.25) is 0 Å². The normalized spacial score (nSPS) is 43.9. The second-order valence-corrected chi connectivity index (χ2v) is 5.85. The Balaban J connectivity index is 2.19. The first-order chi connectivity index (χ1) is 6.44. The monoisotopic (exact) mass is 198 g/mol. The fourth-order valence-corrected chi connectivity index (χ4v) is 3.92. The van der Waals surface area contributed by atoms with Gasteiger partial charge in [-0.15, -0.1) is 0 Å². The van der Waals surface area contributed by atoms with Crippen molar-refractivity contribution >= 4 is 0 Å². The highest BCUT2D eigenvalue weighted by molar-refractivity contribution is 5.04. The average Bonchev–Trinajstić information content (AvgIpc) is 2.60. The molecular weight excluding hydrogens is 176 g/mol. The van der Waals surface area contributed by atoms with E-state index in [2.05, 4.69) is 13.8 Å². The highest BCUT2D eigenvalue weighted by atomic mass is 16.3. The van der Waals surface area contributed by atoms with Crippen molar-refractivity contribution < 1.29 is 10.2 Å². The fraction of sp³-hybridized carbons (Fsp3) is 1.00. The lowest BCUT2D eigenvalue weighted by atomic mass is 9.66. The summed E-state index contributed by atoms with van der Waals surface area (Å²) in [7, 11) is 0. The molecule has 2 heteroatoms. The molecule has 0 aromatic heterocycles. The molecule has 2 bridgehead atoms. The Morgan fingerprint density at radius 3 is 2.29 bits per heavy atom. The van der Waals surface area contributed by atoms with Crippen molar-refractivity contribution in [2.45, 2.75) is 52.2 Å². The number of fused-ring (bicyclic) bond motifs is 2. The fourth-order valence-electron chi connectivity index (χ4n) is 3.92. The van der Waals surface area contributed by atoms with Gasteiger partial charge in [0, 0.05) is 0 Å². The lowest BCUT2D eigenvalue weighted by molar-refractivity contribution is -0.0654. The van der Waals surface area contributed by atoms with Gasteiger partial charge in [-0.05, 0) is 49.4 Å². The van der Waals surface area contributed by atoms with E-state index in [4.69, 9.17) is 0 Å². The summed E-state index contributed by atoms with van der Waals surface area (Å²) in [5, 5.41) is 19.5. The molecule has 5 atom stereocenters. The SMILES string of the molecule is CC(O)C(O)C1C2CCC(C2)C1(C)C. The number of hydrogen-bond donors (Lipinski definition) is 2. The molecule has 0 aliphatic heterocycles. The first-order valence-corrected chi connectivity index (χ1v) is 5.80. The number of aliphatic hydroxyl groups excluding tert-OH is 2. The molecule has 0 saturated heterocycles. The van der Waals surface area contributed by atoms with Crippen LogP contribution >= 0.6 is 0 Å². The highest BCUT2D eigenvalue weighted by Gasteiger charge is 2.55. The van der Waals surface area contributed by atoms with Crippen LogP contribution in [0.5, 0.6) is 0 Å². The summed E-state index contributed by atoms with van der Waals surface area (Å²) < 4.78 is 0. The van der Waals surface area contributed by atoms with Crippen LogP contribution in [0.1, 0.15) is 40.0 Å². The minimum atomic E-state index is -0.585. The zero-order valence-corrected chi connectivity index (χ0v) is 9.40. The molecule has 2 saturated carbocycles. The maximum Gasteiger partial charge on any atom is 0.0832 e. The summed E-state index contributed by atoms with van der Waals surface area (Å²) in [6.07, 6.45) is 2.73. The van der Waals surface area contributed by atoms with Crippen LogP contribution in [0.25, 0.3) is 0 Å². The predicted molar refractivity (Wildman–Crippen MR) is 55.8 cm³/mol. The molecule has 0 heterocycles. The second-order valence-electron chi connectivity index (χ2n) is 5.85. The van der Waals surface area contributed by atoms with Crippen molar-refractivity contribution in [2.75, 3.05) is 0 Å². The zero-order chi connectivity index (χ0) is 10.5. The molecule has 14 heavy (non-hydrogen) atoms. The molecule has 0 aromatic rings. The minimum absolute atomic E-state index is 0.222. The van der Waals surface area contributed by atoms with Crippen molar-refractivity contribution in [2.24, 2.45) is 23.2 Å². The van der Waals surface area contributed by atoms with Crippen LogP contribution in [0.4, 0.5) is 0 Å². The first kappa shape index (κ1) is 10.4. The van der Waals surface area contributed by atoms with Gasteiger partial charge in [-0.2, -0.15) is 0 Å². The largest absolute Gasteiger partial charge is 0.391 e. The van der Waals surface area contributed by atoms with Crippen LogP contribution in [0.15, 0.2) is 0 Å². The molecule has 0 amide bonds. The van der Waals surface area contributed by atoms with Crippen LogP contribution in [0, 0.1) is 23.2 Å². The molecule has 5 unspecified atom stereocenters. The number of aliphatic hydroxyl groups is 2. The minimum Gasteiger partial charge on any atom is -0.391 e. The topological polar surface area (TPSA) is 40.5 Å². The maximum atomic E-state index is 10.0. The molecule has 0 aromatic carbocycles. The third kappa shape index (κ3) is 1.31. The van der Waals surface area contributed by atoms with Crippen molar-refractivity contribution in [3.63, 3.8) is 0 Å². The molecule has 0 radical (unpaired) electrons. The standard InChI is InChI=1S/C12H22O2/c1-7(13)11(14)10-8-4-5-9(6-8)12(10,2)3/h7-11,13-14H,4-6H2,1-3H3. The Morgan fingerprint density at radius 1 is 1.21 bits per heavy atom. The van der Waals surface area contributed by atoms with Gasteiger partial charge in [-0.25, -0.2) is 0 Å². The molecule has 2 aliphatic carbocycles. The molecule has 2 N–H and O–H groups in total. The van der Waals surface area contributed by atoms with Gasteiger partial charge in [-0.3, -0.25) is 0 Å². The lowest BCUT2D eigenvalue weighted by Crippen LogP contribution is -2.43. The Morgan fingerprint density at radius 2 is 1.86 bits per heavy atom. The maximum absolute atomic E-state index is 10.0. The van der Waals surface area contributed by atoms with E-state index in [-0.39, 0.29) is 5.41 Å². The van der Waals surface area contributed by atoms with Crippen LogP contribution < -0.4 is 0 Å². The summed E-state index contributed by atoms with van der Waals surface area (Å²) in [5.74, 6) is 1.73. The number of hydrogen-bond acceptors (Lipinski definition) is 2. The quantitative estimate of drug-likeness (QED) is 0.710. The summed E-state index contributed by atoms with van der Waals surface area (Å²) >= 11 is 0. The summed E-state index contributed by atoms with van der Waals surface area (Å²) in [4.78, 5) is 0. The Hall–Kier alpha value is -0.0800. The van der Waals surface area contributed by atoms with Crippen molar-refractivity contribution in [3.8, 4) is 0 Å². The van der Waals surface area contributed by atoms with Crippen LogP contribution in [0.2, 0.25) is 0 Å². The smallest absolute Gasteiger partial charge is 0.0832 e. The predicted octanol–water partition coefficient (Wildman–Crippen LogP) is 1.80. The Kier molecular flexibility index (Phi) is 2.39. The highest BCUT2D eigenvalue weighted by Crippen LogP contribution is 2.60. The summed E-state index contributed by atoms with van der Waals surface area (Å²) in [5.41, 5.74) is 0.222. The third-order valence-electron chi connectivity index (χ3n) is 4.75. The van der Waals surface area contributed by atoms with E-state index >= 15 is 0 Å². The molecule has 2 aliphatic rings.